The van der Waals surface area contributed by atoms with Gasteiger partial charge in [-0.3, -0.25) is 4.79 Å². The Hall–Kier alpha value is -1.02. The number of aliphatic carboxylic acids is 1. The largest absolute Gasteiger partial charge is 0.481 e. The second-order valence-corrected chi connectivity index (χ2v) is 6.33. The summed E-state index contributed by atoms with van der Waals surface area (Å²) in [6, 6.07) is 6.01. The normalized spacial score (nSPS) is 27.2. The third kappa shape index (κ3) is 2.38. The van der Waals surface area contributed by atoms with Crippen LogP contribution in [0, 0.1) is 11.8 Å². The van der Waals surface area contributed by atoms with Gasteiger partial charge in [0.25, 0.3) is 0 Å². The van der Waals surface area contributed by atoms with E-state index in [2.05, 4.69) is 6.07 Å². The number of halogens is 1. The molecule has 102 valence electrons. The zero-order chi connectivity index (χ0) is 13.4. The average Bonchev–Trinajstić information content (AvgIpc) is 2.90. The molecule has 0 amide bonds. The first-order chi connectivity index (χ1) is 9.16. The first-order valence-electron chi connectivity index (χ1n) is 7.18. The predicted octanol–water partition coefficient (Wildman–Crippen LogP) is 4.26. The van der Waals surface area contributed by atoms with Crippen LogP contribution in [0.25, 0.3) is 0 Å². The predicted molar refractivity (Wildman–Crippen MR) is 75.6 cm³/mol. The number of hydrogen-bond donors (Lipinski definition) is 1. The Morgan fingerprint density at radius 1 is 1.21 bits per heavy atom. The minimum absolute atomic E-state index is 0.169. The van der Waals surface area contributed by atoms with Crippen LogP contribution in [0.5, 0.6) is 0 Å². The molecule has 0 aliphatic heterocycles. The molecule has 19 heavy (non-hydrogen) atoms. The van der Waals surface area contributed by atoms with Crippen LogP contribution in [0.4, 0.5) is 0 Å². The maximum atomic E-state index is 11.6. The van der Waals surface area contributed by atoms with Gasteiger partial charge in [-0.15, -0.1) is 0 Å². The zero-order valence-corrected chi connectivity index (χ0v) is 11.7. The van der Waals surface area contributed by atoms with Crippen LogP contribution in [0.1, 0.15) is 49.1 Å². The van der Waals surface area contributed by atoms with Crippen LogP contribution < -0.4 is 0 Å². The van der Waals surface area contributed by atoms with E-state index in [-0.39, 0.29) is 11.8 Å². The van der Waals surface area contributed by atoms with Crippen molar-refractivity contribution in [1.29, 1.82) is 0 Å². The molecule has 1 aromatic rings. The van der Waals surface area contributed by atoms with Crippen LogP contribution in [-0.2, 0) is 11.2 Å². The fourth-order valence-electron chi connectivity index (χ4n) is 3.99. The number of carboxylic acid groups (broad SMARTS) is 1. The van der Waals surface area contributed by atoms with Crippen molar-refractivity contribution in [2.24, 2.45) is 11.8 Å². The highest BCUT2D eigenvalue weighted by Crippen LogP contribution is 2.47. The molecule has 0 aromatic heterocycles. The van der Waals surface area contributed by atoms with Crippen molar-refractivity contribution in [1.82, 2.24) is 0 Å². The molecule has 0 radical (unpaired) electrons. The van der Waals surface area contributed by atoms with Gasteiger partial charge < -0.3 is 5.11 Å². The Labute approximate surface area is 118 Å². The minimum Gasteiger partial charge on any atom is -0.481 e. The molecule has 1 aromatic carbocycles. The van der Waals surface area contributed by atoms with E-state index in [0.717, 1.165) is 17.9 Å². The summed E-state index contributed by atoms with van der Waals surface area (Å²) in [5.41, 5.74) is 2.51. The number of benzene rings is 1. The molecule has 0 spiro atoms. The SMILES string of the molecule is O=C(O)C1CCc2ccc(Cl)cc2C1C1CCCC1. The summed E-state index contributed by atoms with van der Waals surface area (Å²) in [5, 5.41) is 10.3. The summed E-state index contributed by atoms with van der Waals surface area (Å²) in [5.74, 6) is -0.169. The molecule has 0 heterocycles. The fourth-order valence-corrected chi connectivity index (χ4v) is 4.17. The van der Waals surface area contributed by atoms with Crippen LogP contribution in [0.15, 0.2) is 18.2 Å². The maximum Gasteiger partial charge on any atom is 0.307 e. The highest BCUT2D eigenvalue weighted by molar-refractivity contribution is 6.30. The van der Waals surface area contributed by atoms with Crippen LogP contribution in [0.3, 0.4) is 0 Å². The molecule has 3 heteroatoms. The third-order valence-electron chi connectivity index (χ3n) is 4.85. The van der Waals surface area contributed by atoms with Crippen LogP contribution in [0.2, 0.25) is 5.02 Å². The number of carbonyl (C=O) groups is 1. The summed E-state index contributed by atoms with van der Waals surface area (Å²) in [6.45, 7) is 0. The molecule has 2 unspecified atom stereocenters. The second kappa shape index (κ2) is 5.16. The molecule has 2 nitrogen and oxygen atoms in total. The fraction of sp³-hybridized carbons (Fsp3) is 0.562. The third-order valence-corrected chi connectivity index (χ3v) is 5.09. The lowest BCUT2D eigenvalue weighted by molar-refractivity contribution is -0.143. The number of fused-ring (bicyclic) bond motifs is 1. The standard InChI is InChI=1S/C16H19ClO2/c17-12-7-5-10-6-8-13(16(18)19)15(14(10)9-12)11-3-1-2-4-11/h5,7,9,11,13,15H,1-4,6,8H2,(H,18,19). The van der Waals surface area contributed by atoms with Crippen molar-refractivity contribution in [3.8, 4) is 0 Å². The van der Waals surface area contributed by atoms with Crippen molar-refractivity contribution in [3.63, 3.8) is 0 Å². The summed E-state index contributed by atoms with van der Waals surface area (Å²) in [7, 11) is 0. The first kappa shape index (κ1) is 13.0. The number of aryl methyl sites for hydroxylation is 1. The number of carboxylic acids is 1. The lowest BCUT2D eigenvalue weighted by atomic mass is 9.68. The van der Waals surface area contributed by atoms with E-state index in [1.807, 2.05) is 12.1 Å². The summed E-state index contributed by atoms with van der Waals surface area (Å²) in [6.07, 6.45) is 6.45. The Morgan fingerprint density at radius 2 is 1.95 bits per heavy atom. The highest BCUT2D eigenvalue weighted by Gasteiger charge is 2.40. The van der Waals surface area contributed by atoms with Crippen molar-refractivity contribution in [2.45, 2.75) is 44.4 Å². The van der Waals surface area contributed by atoms with E-state index < -0.39 is 5.97 Å². The molecule has 2 atom stereocenters. The molecular formula is C16H19ClO2. The lowest BCUT2D eigenvalue weighted by Gasteiger charge is -2.35. The van der Waals surface area contributed by atoms with Gasteiger partial charge >= 0.3 is 5.97 Å². The Bertz CT molecular complexity index is 492. The average molecular weight is 279 g/mol. The molecule has 1 N–H and O–H groups in total. The summed E-state index contributed by atoms with van der Waals surface area (Å²) < 4.78 is 0. The van der Waals surface area contributed by atoms with E-state index in [1.165, 1.54) is 36.8 Å². The van der Waals surface area contributed by atoms with E-state index in [4.69, 9.17) is 11.6 Å². The van der Waals surface area contributed by atoms with Crippen molar-refractivity contribution in [3.05, 3.63) is 34.3 Å². The Kier molecular flexibility index (Phi) is 3.53. The van der Waals surface area contributed by atoms with E-state index >= 15 is 0 Å². The van der Waals surface area contributed by atoms with Crippen molar-refractivity contribution in [2.75, 3.05) is 0 Å². The molecule has 2 aliphatic carbocycles. The van der Waals surface area contributed by atoms with Gasteiger partial charge in [0.15, 0.2) is 0 Å². The first-order valence-corrected chi connectivity index (χ1v) is 7.56. The monoisotopic (exact) mass is 278 g/mol. The van der Waals surface area contributed by atoms with Gasteiger partial charge in [-0.1, -0.05) is 30.5 Å². The topological polar surface area (TPSA) is 37.3 Å². The van der Waals surface area contributed by atoms with Crippen LogP contribution in [-0.4, -0.2) is 11.1 Å². The van der Waals surface area contributed by atoms with Crippen molar-refractivity contribution < 1.29 is 9.90 Å². The Balaban J connectivity index is 2.03. The van der Waals surface area contributed by atoms with Gasteiger partial charge in [-0.25, -0.2) is 0 Å². The van der Waals surface area contributed by atoms with Gasteiger partial charge in [0, 0.05) is 10.9 Å². The molecular weight excluding hydrogens is 260 g/mol. The Morgan fingerprint density at radius 3 is 2.63 bits per heavy atom. The summed E-state index contributed by atoms with van der Waals surface area (Å²) >= 11 is 6.13. The molecule has 2 aliphatic rings. The molecule has 1 fully saturated rings. The smallest absolute Gasteiger partial charge is 0.307 e. The van der Waals surface area contributed by atoms with E-state index in [1.54, 1.807) is 0 Å². The van der Waals surface area contributed by atoms with Gasteiger partial charge in [0.1, 0.15) is 0 Å². The molecule has 0 bridgehead atoms. The number of hydrogen-bond acceptors (Lipinski definition) is 1. The van der Waals surface area contributed by atoms with Crippen LogP contribution >= 0.6 is 11.6 Å². The molecule has 1 saturated carbocycles. The van der Waals surface area contributed by atoms with Gasteiger partial charge in [-0.2, -0.15) is 0 Å². The van der Waals surface area contributed by atoms with Gasteiger partial charge in [0.2, 0.25) is 0 Å². The van der Waals surface area contributed by atoms with Gasteiger partial charge in [0.05, 0.1) is 5.92 Å². The highest BCUT2D eigenvalue weighted by atomic mass is 35.5. The second-order valence-electron chi connectivity index (χ2n) is 5.90. The van der Waals surface area contributed by atoms with E-state index in [9.17, 15) is 9.90 Å². The quantitative estimate of drug-likeness (QED) is 0.877. The number of rotatable bonds is 2. The molecule has 3 rings (SSSR count). The van der Waals surface area contributed by atoms with E-state index in [0.29, 0.717) is 5.92 Å². The van der Waals surface area contributed by atoms with Crippen molar-refractivity contribution >= 4 is 17.6 Å². The summed E-state index contributed by atoms with van der Waals surface area (Å²) in [4.78, 5) is 11.6. The molecule has 0 saturated heterocycles. The maximum absolute atomic E-state index is 11.6. The lowest BCUT2D eigenvalue weighted by Crippen LogP contribution is -2.31. The van der Waals surface area contributed by atoms with Gasteiger partial charge in [-0.05, 0) is 54.9 Å². The zero-order valence-electron chi connectivity index (χ0n) is 10.9. The minimum atomic E-state index is -0.637.